The van der Waals surface area contributed by atoms with Gasteiger partial charge in [0.25, 0.3) is 11.6 Å². The average molecular weight is 476 g/mol. The number of hydrogen-bond donors (Lipinski definition) is 1. The van der Waals surface area contributed by atoms with Gasteiger partial charge in [-0.3, -0.25) is 24.6 Å². The molecule has 7 heteroatoms. The minimum atomic E-state index is -1.01. The normalized spacial score (nSPS) is 15.2. The van der Waals surface area contributed by atoms with Crippen LogP contribution < -0.4 is 10.2 Å². The van der Waals surface area contributed by atoms with Crippen LogP contribution in [0.25, 0.3) is 0 Å². The smallest absolute Gasteiger partial charge is 0.276 e. The van der Waals surface area contributed by atoms with E-state index in [-0.39, 0.29) is 28.3 Å². The highest BCUT2D eigenvalue weighted by molar-refractivity contribution is 6.23. The Labute approximate surface area is 207 Å². The van der Waals surface area contributed by atoms with E-state index < -0.39 is 16.9 Å². The highest BCUT2D eigenvalue weighted by Crippen LogP contribution is 2.45. The summed E-state index contributed by atoms with van der Waals surface area (Å²) in [6.07, 6.45) is 0. The van der Waals surface area contributed by atoms with Crippen molar-refractivity contribution in [2.24, 2.45) is 0 Å². The number of amides is 1. The number of nitrogens with one attached hydrogen (secondary N) is 1. The number of para-hydroxylation sites is 3. The van der Waals surface area contributed by atoms with Gasteiger partial charge >= 0.3 is 0 Å². The third-order valence-corrected chi connectivity index (χ3v) is 6.02. The number of nitro groups is 1. The van der Waals surface area contributed by atoms with E-state index in [1.54, 1.807) is 84.9 Å². The average Bonchev–Trinajstić information content (AvgIpc) is 3.21. The highest BCUT2D eigenvalue weighted by atomic mass is 16.6. The van der Waals surface area contributed by atoms with Gasteiger partial charge in [0.1, 0.15) is 11.7 Å². The molecule has 0 aromatic heterocycles. The Morgan fingerprint density at radius 1 is 0.778 bits per heavy atom. The summed E-state index contributed by atoms with van der Waals surface area (Å²) in [5, 5.41) is 15.1. The Morgan fingerprint density at radius 3 is 1.97 bits per heavy atom. The first-order valence-corrected chi connectivity index (χ1v) is 11.3. The van der Waals surface area contributed by atoms with Crippen LogP contribution in [0.15, 0.2) is 127 Å². The fourth-order valence-electron chi connectivity index (χ4n) is 4.42. The molecule has 1 aliphatic heterocycles. The van der Waals surface area contributed by atoms with Crippen molar-refractivity contribution in [2.45, 2.75) is 6.04 Å². The van der Waals surface area contributed by atoms with E-state index in [0.29, 0.717) is 16.9 Å². The molecular weight excluding hydrogens is 454 g/mol. The van der Waals surface area contributed by atoms with Crippen molar-refractivity contribution in [1.29, 1.82) is 0 Å². The van der Waals surface area contributed by atoms with E-state index in [1.165, 1.54) is 11.0 Å². The van der Waals surface area contributed by atoms with Gasteiger partial charge in [-0.05, 0) is 30.3 Å². The molecule has 1 heterocycles. The molecule has 176 valence electrons. The number of nitrogens with zero attached hydrogens (tertiary/aromatic N) is 2. The number of anilines is 2. The number of benzene rings is 4. The summed E-state index contributed by atoms with van der Waals surface area (Å²) < 4.78 is 0. The lowest BCUT2D eigenvalue weighted by Crippen LogP contribution is -2.32. The molecule has 5 rings (SSSR count). The van der Waals surface area contributed by atoms with Gasteiger partial charge in [0.15, 0.2) is 5.78 Å². The SMILES string of the molecule is O=C(C1=C(Nc2ccccc2)C(=O)N(c2ccccc2)[C@@H]1c1ccccc1[N+](=O)[O-])c1ccccc1. The molecule has 0 unspecified atom stereocenters. The zero-order chi connectivity index (χ0) is 25.1. The van der Waals surface area contributed by atoms with Crippen molar-refractivity contribution in [1.82, 2.24) is 0 Å². The van der Waals surface area contributed by atoms with Crippen LogP contribution in [0.3, 0.4) is 0 Å². The molecule has 1 N–H and O–H groups in total. The molecule has 1 amide bonds. The monoisotopic (exact) mass is 475 g/mol. The van der Waals surface area contributed by atoms with Gasteiger partial charge in [0, 0.05) is 23.0 Å². The molecule has 1 aliphatic rings. The second-order valence-corrected chi connectivity index (χ2v) is 8.20. The maximum atomic E-state index is 14.0. The highest BCUT2D eigenvalue weighted by Gasteiger charge is 2.46. The zero-order valence-electron chi connectivity index (χ0n) is 19.1. The second-order valence-electron chi connectivity index (χ2n) is 8.20. The molecule has 36 heavy (non-hydrogen) atoms. The third kappa shape index (κ3) is 4.14. The van der Waals surface area contributed by atoms with Gasteiger partial charge in [0.2, 0.25) is 0 Å². The van der Waals surface area contributed by atoms with Crippen molar-refractivity contribution in [3.8, 4) is 0 Å². The molecule has 0 bridgehead atoms. The number of nitro benzene ring substituents is 1. The molecule has 0 fully saturated rings. The minimum Gasteiger partial charge on any atom is -0.351 e. The van der Waals surface area contributed by atoms with Crippen molar-refractivity contribution < 1.29 is 14.5 Å². The van der Waals surface area contributed by atoms with E-state index in [4.69, 9.17) is 0 Å². The first kappa shape index (κ1) is 22.7. The Balaban J connectivity index is 1.78. The summed E-state index contributed by atoms with van der Waals surface area (Å²) in [5.74, 6) is -0.837. The number of Topliss-reactive ketones (excluding diaryl/α,β-unsaturated/α-hetero) is 1. The van der Waals surface area contributed by atoms with Crippen LogP contribution in [-0.4, -0.2) is 16.6 Å². The molecular formula is C29H21N3O4. The summed E-state index contributed by atoms with van der Waals surface area (Å²) >= 11 is 0. The van der Waals surface area contributed by atoms with Crippen LogP contribution in [-0.2, 0) is 4.79 Å². The topological polar surface area (TPSA) is 92.6 Å². The predicted octanol–water partition coefficient (Wildman–Crippen LogP) is 5.93. The fourth-order valence-corrected chi connectivity index (χ4v) is 4.42. The maximum absolute atomic E-state index is 14.0. The Bertz CT molecular complexity index is 1470. The lowest BCUT2D eigenvalue weighted by molar-refractivity contribution is -0.385. The second kappa shape index (κ2) is 9.68. The number of hydrogen-bond acceptors (Lipinski definition) is 5. The summed E-state index contributed by atoms with van der Waals surface area (Å²) in [7, 11) is 0. The summed E-state index contributed by atoms with van der Waals surface area (Å²) in [4.78, 5) is 41.0. The molecule has 0 saturated carbocycles. The minimum absolute atomic E-state index is 0.0852. The van der Waals surface area contributed by atoms with Crippen molar-refractivity contribution in [3.05, 3.63) is 148 Å². The molecule has 1 atom stereocenters. The molecule has 7 nitrogen and oxygen atoms in total. The van der Waals surface area contributed by atoms with E-state index >= 15 is 0 Å². The number of ketones is 1. The molecule has 4 aromatic rings. The van der Waals surface area contributed by atoms with E-state index in [0.717, 1.165) is 0 Å². The van der Waals surface area contributed by atoms with Gasteiger partial charge in [0.05, 0.1) is 16.1 Å². The van der Waals surface area contributed by atoms with Gasteiger partial charge in [-0.2, -0.15) is 0 Å². The van der Waals surface area contributed by atoms with Crippen LogP contribution in [0.2, 0.25) is 0 Å². The Hall–Kier alpha value is -5.04. The summed E-state index contributed by atoms with van der Waals surface area (Å²) in [6, 6.07) is 31.7. The fraction of sp³-hybridized carbons (Fsp3) is 0.0345. The van der Waals surface area contributed by atoms with Gasteiger partial charge in [-0.25, -0.2) is 0 Å². The molecule has 0 radical (unpaired) electrons. The first-order chi connectivity index (χ1) is 17.6. The molecule has 0 aliphatic carbocycles. The summed E-state index contributed by atoms with van der Waals surface area (Å²) in [5.41, 5.74) is 1.84. The largest absolute Gasteiger partial charge is 0.351 e. The van der Waals surface area contributed by atoms with Crippen LogP contribution in [0.1, 0.15) is 22.0 Å². The van der Waals surface area contributed by atoms with Gasteiger partial charge in [-0.15, -0.1) is 0 Å². The van der Waals surface area contributed by atoms with Crippen LogP contribution >= 0.6 is 0 Å². The van der Waals surface area contributed by atoms with Crippen LogP contribution in [0, 0.1) is 10.1 Å². The number of rotatable bonds is 7. The van der Waals surface area contributed by atoms with Crippen molar-refractivity contribution in [3.63, 3.8) is 0 Å². The third-order valence-electron chi connectivity index (χ3n) is 6.02. The Kier molecular flexibility index (Phi) is 6.11. The molecule has 0 spiro atoms. The summed E-state index contributed by atoms with van der Waals surface area (Å²) in [6.45, 7) is 0. The van der Waals surface area contributed by atoms with E-state index in [1.807, 2.05) is 24.3 Å². The number of carbonyl (C=O) groups is 2. The maximum Gasteiger partial charge on any atom is 0.276 e. The van der Waals surface area contributed by atoms with E-state index in [2.05, 4.69) is 5.32 Å². The standard InChI is InChI=1S/C29H21N3O4/c33-28(20-12-4-1-5-13-20)25-26(30-21-14-6-2-7-15-21)29(34)31(22-16-8-3-9-17-22)27(25)23-18-10-11-19-24(23)32(35)36/h1-19,27,30H/t27-/m1/s1. The quantitative estimate of drug-likeness (QED) is 0.203. The molecule has 4 aromatic carbocycles. The predicted molar refractivity (Wildman–Crippen MR) is 138 cm³/mol. The Morgan fingerprint density at radius 2 is 1.33 bits per heavy atom. The van der Waals surface area contributed by atoms with Crippen LogP contribution in [0.4, 0.5) is 17.1 Å². The lowest BCUT2D eigenvalue weighted by Gasteiger charge is -2.27. The first-order valence-electron chi connectivity index (χ1n) is 11.3. The number of carbonyl (C=O) groups excluding carboxylic acids is 2. The van der Waals surface area contributed by atoms with Crippen molar-refractivity contribution >= 4 is 28.8 Å². The van der Waals surface area contributed by atoms with Crippen molar-refractivity contribution in [2.75, 3.05) is 10.2 Å². The van der Waals surface area contributed by atoms with Gasteiger partial charge in [-0.1, -0.05) is 78.9 Å². The van der Waals surface area contributed by atoms with Gasteiger partial charge < -0.3 is 5.32 Å². The molecule has 0 saturated heterocycles. The zero-order valence-corrected chi connectivity index (χ0v) is 19.1. The van der Waals surface area contributed by atoms with Crippen LogP contribution in [0.5, 0.6) is 0 Å². The van der Waals surface area contributed by atoms with E-state index in [9.17, 15) is 19.7 Å². The lowest BCUT2D eigenvalue weighted by atomic mass is 9.91.